The number of hydrogen-bond donors (Lipinski definition) is 1. The number of benzene rings is 1. The molecule has 0 radical (unpaired) electrons. The normalized spacial score (nSPS) is 15.7. The van der Waals surface area contributed by atoms with Gasteiger partial charge in [0.2, 0.25) is 15.9 Å². The lowest BCUT2D eigenvalue weighted by molar-refractivity contribution is -0.125. The first kappa shape index (κ1) is 20.6. The molecule has 0 saturated heterocycles. The highest BCUT2D eigenvalue weighted by molar-refractivity contribution is 7.92. The average molecular weight is 383 g/mol. The molecule has 1 aromatic carbocycles. The maximum atomic E-state index is 12.2. The molecule has 1 aliphatic rings. The lowest BCUT2D eigenvalue weighted by Gasteiger charge is -2.24. The van der Waals surface area contributed by atoms with Crippen LogP contribution in [-0.4, -0.2) is 39.8 Å². The van der Waals surface area contributed by atoms with Crippen LogP contribution in [0.4, 0.5) is 5.69 Å². The Kier molecular flexibility index (Phi) is 7.32. The second-order valence-corrected chi connectivity index (χ2v) is 9.03. The van der Waals surface area contributed by atoms with Crippen LogP contribution in [0.5, 0.6) is 5.75 Å². The van der Waals surface area contributed by atoms with E-state index in [-0.39, 0.29) is 24.5 Å². The summed E-state index contributed by atoms with van der Waals surface area (Å²) in [6.45, 7) is 4.38. The molecule has 26 heavy (non-hydrogen) atoms. The van der Waals surface area contributed by atoms with Crippen LogP contribution in [0.15, 0.2) is 24.3 Å². The SMILES string of the molecule is CC(C)Oc1ccc(N(CCNC(=O)C2CCCCC2)S(C)(=O)=O)cc1. The Morgan fingerprint density at radius 3 is 2.35 bits per heavy atom. The molecule has 0 heterocycles. The zero-order valence-corrected chi connectivity index (χ0v) is 16.7. The fourth-order valence-corrected chi connectivity index (χ4v) is 4.17. The number of carbonyl (C=O) groups is 1. The summed E-state index contributed by atoms with van der Waals surface area (Å²) >= 11 is 0. The van der Waals surface area contributed by atoms with Gasteiger partial charge in [-0.1, -0.05) is 19.3 Å². The van der Waals surface area contributed by atoms with Gasteiger partial charge in [0.05, 0.1) is 24.6 Å². The number of amides is 1. The molecule has 1 fully saturated rings. The third-order valence-corrected chi connectivity index (χ3v) is 5.68. The number of hydrogen-bond acceptors (Lipinski definition) is 4. The number of carbonyl (C=O) groups excluding carboxylic acids is 1. The van der Waals surface area contributed by atoms with Crippen molar-refractivity contribution in [3.8, 4) is 5.75 Å². The van der Waals surface area contributed by atoms with Gasteiger partial charge in [-0.3, -0.25) is 9.10 Å². The van der Waals surface area contributed by atoms with Crippen molar-refractivity contribution in [1.29, 1.82) is 0 Å². The molecule has 0 spiro atoms. The number of rotatable bonds is 8. The predicted molar refractivity (Wildman–Crippen MR) is 104 cm³/mol. The van der Waals surface area contributed by atoms with Crippen LogP contribution < -0.4 is 14.4 Å². The maximum Gasteiger partial charge on any atom is 0.232 e. The molecule has 7 heteroatoms. The molecule has 2 rings (SSSR count). The Morgan fingerprint density at radius 2 is 1.81 bits per heavy atom. The van der Waals surface area contributed by atoms with Crippen molar-refractivity contribution in [2.45, 2.75) is 52.1 Å². The van der Waals surface area contributed by atoms with Crippen molar-refractivity contribution in [2.24, 2.45) is 5.92 Å². The fourth-order valence-electron chi connectivity index (χ4n) is 3.24. The summed E-state index contributed by atoms with van der Waals surface area (Å²) in [5.74, 6) is 0.810. The van der Waals surface area contributed by atoms with E-state index in [1.165, 1.54) is 17.0 Å². The van der Waals surface area contributed by atoms with Crippen molar-refractivity contribution in [1.82, 2.24) is 5.32 Å². The van der Waals surface area contributed by atoms with Gasteiger partial charge in [0.1, 0.15) is 5.75 Å². The quantitative estimate of drug-likeness (QED) is 0.750. The highest BCUT2D eigenvalue weighted by Crippen LogP contribution is 2.24. The first-order chi connectivity index (χ1) is 12.3. The third kappa shape index (κ3) is 6.20. The number of nitrogens with zero attached hydrogens (tertiary/aromatic N) is 1. The molecule has 1 aliphatic carbocycles. The van der Waals surface area contributed by atoms with Crippen molar-refractivity contribution in [3.05, 3.63) is 24.3 Å². The van der Waals surface area contributed by atoms with E-state index < -0.39 is 10.0 Å². The monoisotopic (exact) mass is 382 g/mol. The molecular formula is C19H30N2O4S. The summed E-state index contributed by atoms with van der Waals surface area (Å²) in [6.07, 6.45) is 6.48. The summed E-state index contributed by atoms with van der Waals surface area (Å²) in [5.41, 5.74) is 0.565. The lowest BCUT2D eigenvalue weighted by Crippen LogP contribution is -2.40. The number of nitrogens with one attached hydrogen (secondary N) is 1. The first-order valence-electron chi connectivity index (χ1n) is 9.29. The topological polar surface area (TPSA) is 75.7 Å². The molecule has 0 aromatic heterocycles. The van der Waals surface area contributed by atoms with Crippen molar-refractivity contribution in [2.75, 3.05) is 23.7 Å². The third-order valence-electron chi connectivity index (χ3n) is 4.49. The summed E-state index contributed by atoms with van der Waals surface area (Å²) in [5, 5.41) is 2.89. The van der Waals surface area contributed by atoms with Crippen molar-refractivity contribution in [3.63, 3.8) is 0 Å². The molecule has 0 unspecified atom stereocenters. The Morgan fingerprint density at radius 1 is 1.19 bits per heavy atom. The van der Waals surface area contributed by atoms with Crippen LogP contribution in [0, 0.1) is 5.92 Å². The van der Waals surface area contributed by atoms with E-state index in [4.69, 9.17) is 4.74 Å². The molecule has 0 aliphatic heterocycles. The second-order valence-electron chi connectivity index (χ2n) is 7.12. The Balaban J connectivity index is 1.96. The molecule has 0 bridgehead atoms. The molecule has 1 aromatic rings. The Hall–Kier alpha value is -1.76. The van der Waals surface area contributed by atoms with Crippen LogP contribution in [0.1, 0.15) is 46.0 Å². The van der Waals surface area contributed by atoms with Crippen molar-refractivity contribution < 1.29 is 17.9 Å². The largest absolute Gasteiger partial charge is 0.491 e. The van der Waals surface area contributed by atoms with Crippen LogP contribution in [0.25, 0.3) is 0 Å². The van der Waals surface area contributed by atoms with Gasteiger partial charge in [-0.2, -0.15) is 0 Å². The smallest absolute Gasteiger partial charge is 0.232 e. The zero-order chi connectivity index (χ0) is 19.2. The van der Waals surface area contributed by atoms with Crippen LogP contribution in [-0.2, 0) is 14.8 Å². The fraction of sp³-hybridized carbons (Fsp3) is 0.632. The summed E-state index contributed by atoms with van der Waals surface area (Å²) in [6, 6.07) is 6.96. The van der Waals surface area contributed by atoms with Gasteiger partial charge in [0.25, 0.3) is 0 Å². The van der Waals surface area contributed by atoms with Gasteiger partial charge in [-0.05, 0) is 51.0 Å². The molecule has 6 nitrogen and oxygen atoms in total. The Labute approximate surface area is 157 Å². The number of anilines is 1. The molecule has 1 amide bonds. The predicted octanol–water partition coefficient (Wildman–Crippen LogP) is 2.94. The van der Waals surface area contributed by atoms with E-state index in [1.54, 1.807) is 24.3 Å². The van der Waals surface area contributed by atoms with Gasteiger partial charge in [-0.15, -0.1) is 0 Å². The first-order valence-corrected chi connectivity index (χ1v) is 11.1. The van der Waals surface area contributed by atoms with E-state index in [1.807, 2.05) is 13.8 Å². The molecular weight excluding hydrogens is 352 g/mol. The van der Waals surface area contributed by atoms with Gasteiger partial charge in [0.15, 0.2) is 0 Å². The van der Waals surface area contributed by atoms with E-state index in [0.29, 0.717) is 18.0 Å². The molecule has 1 N–H and O–H groups in total. The van der Waals surface area contributed by atoms with Gasteiger partial charge < -0.3 is 10.1 Å². The molecule has 0 atom stereocenters. The standard InChI is InChI=1S/C19H30N2O4S/c1-15(2)25-18-11-9-17(10-12-18)21(26(3,23)24)14-13-20-19(22)16-7-5-4-6-8-16/h9-12,15-16H,4-8,13-14H2,1-3H3,(H,20,22). The summed E-state index contributed by atoms with van der Waals surface area (Å²) in [7, 11) is -3.44. The minimum atomic E-state index is -3.44. The van der Waals surface area contributed by atoms with Gasteiger partial charge >= 0.3 is 0 Å². The minimum Gasteiger partial charge on any atom is -0.491 e. The van der Waals surface area contributed by atoms with Crippen molar-refractivity contribution >= 4 is 21.6 Å². The summed E-state index contributed by atoms with van der Waals surface area (Å²) in [4.78, 5) is 12.2. The van der Waals surface area contributed by atoms with E-state index >= 15 is 0 Å². The van der Waals surface area contributed by atoms with E-state index in [0.717, 1.165) is 25.7 Å². The summed E-state index contributed by atoms with van der Waals surface area (Å²) < 4.78 is 31.2. The highest BCUT2D eigenvalue weighted by atomic mass is 32.2. The Bertz CT molecular complexity index is 680. The zero-order valence-electron chi connectivity index (χ0n) is 15.9. The van der Waals surface area contributed by atoms with Crippen LogP contribution in [0.2, 0.25) is 0 Å². The number of ether oxygens (including phenoxy) is 1. The van der Waals surface area contributed by atoms with E-state index in [2.05, 4.69) is 5.32 Å². The van der Waals surface area contributed by atoms with Crippen LogP contribution >= 0.6 is 0 Å². The number of sulfonamides is 1. The minimum absolute atomic E-state index is 0.0406. The lowest BCUT2D eigenvalue weighted by atomic mass is 9.89. The maximum absolute atomic E-state index is 12.2. The van der Waals surface area contributed by atoms with E-state index in [9.17, 15) is 13.2 Å². The van der Waals surface area contributed by atoms with Crippen LogP contribution in [0.3, 0.4) is 0 Å². The van der Waals surface area contributed by atoms with Gasteiger partial charge in [-0.25, -0.2) is 8.42 Å². The van der Waals surface area contributed by atoms with Gasteiger partial charge in [0, 0.05) is 12.5 Å². The molecule has 1 saturated carbocycles. The molecule has 146 valence electrons. The second kappa shape index (κ2) is 9.26. The highest BCUT2D eigenvalue weighted by Gasteiger charge is 2.22. The average Bonchev–Trinajstić information content (AvgIpc) is 2.59.